The number of hydrogen-bond acceptors (Lipinski definition) is 2. The van der Waals surface area contributed by atoms with Crippen molar-refractivity contribution in [2.45, 2.75) is 44.3 Å². The number of para-hydroxylation sites is 1. The smallest absolute Gasteiger partial charge is 0.126 e. The molecule has 1 fully saturated rings. The number of piperidine rings is 1. The first-order valence-electron chi connectivity index (χ1n) is 8.99. The molecule has 2 heteroatoms. The Morgan fingerprint density at radius 1 is 1.00 bits per heavy atom. The van der Waals surface area contributed by atoms with Crippen molar-refractivity contribution in [3.63, 3.8) is 0 Å². The van der Waals surface area contributed by atoms with Gasteiger partial charge in [-0.25, -0.2) is 0 Å². The summed E-state index contributed by atoms with van der Waals surface area (Å²) in [4.78, 5) is 2.71. The first-order chi connectivity index (χ1) is 11.8. The zero-order chi connectivity index (χ0) is 16.4. The van der Waals surface area contributed by atoms with Crippen LogP contribution in [-0.4, -0.2) is 24.1 Å². The third-order valence-corrected chi connectivity index (χ3v) is 5.44. The minimum absolute atomic E-state index is 0.553. The summed E-state index contributed by atoms with van der Waals surface area (Å²) in [6.45, 7) is 1.06. The van der Waals surface area contributed by atoms with Gasteiger partial charge in [0.15, 0.2) is 0 Å². The van der Waals surface area contributed by atoms with Gasteiger partial charge in [-0.15, -0.1) is 0 Å². The molecule has 2 heterocycles. The molecule has 2 bridgehead atoms. The summed E-state index contributed by atoms with van der Waals surface area (Å²) >= 11 is 0. The van der Waals surface area contributed by atoms with Crippen LogP contribution in [0, 0.1) is 0 Å². The van der Waals surface area contributed by atoms with Crippen LogP contribution >= 0.6 is 0 Å². The fourth-order valence-electron chi connectivity index (χ4n) is 4.27. The van der Waals surface area contributed by atoms with Gasteiger partial charge >= 0.3 is 0 Å². The van der Waals surface area contributed by atoms with Gasteiger partial charge in [0, 0.05) is 24.2 Å². The van der Waals surface area contributed by atoms with Crippen LogP contribution in [-0.2, 0) is 6.54 Å². The second kappa shape index (κ2) is 6.82. The number of hydrogen-bond donors (Lipinski definition) is 0. The van der Waals surface area contributed by atoms with Crippen molar-refractivity contribution in [2.75, 3.05) is 7.11 Å². The van der Waals surface area contributed by atoms with Crippen molar-refractivity contribution in [1.82, 2.24) is 4.90 Å². The van der Waals surface area contributed by atoms with Gasteiger partial charge in [-0.3, -0.25) is 4.90 Å². The number of methoxy groups -OCH3 is 1. The lowest BCUT2D eigenvalue weighted by molar-refractivity contribution is 0.0951. The highest BCUT2D eigenvalue weighted by Gasteiger charge is 2.34. The Bertz CT molecular complexity index is 722. The summed E-state index contributed by atoms with van der Waals surface area (Å²) in [7, 11) is 1.77. The highest BCUT2D eigenvalue weighted by molar-refractivity contribution is 5.72. The number of rotatable bonds is 4. The Hall–Kier alpha value is -2.06. The molecule has 0 aromatic heterocycles. The molecule has 24 heavy (non-hydrogen) atoms. The van der Waals surface area contributed by atoms with E-state index in [0.717, 1.165) is 18.7 Å². The highest BCUT2D eigenvalue weighted by atomic mass is 16.5. The molecule has 2 nitrogen and oxygen atoms in total. The Morgan fingerprint density at radius 3 is 2.58 bits per heavy atom. The summed E-state index contributed by atoms with van der Waals surface area (Å²) in [6, 6.07) is 20.5. The Morgan fingerprint density at radius 2 is 1.79 bits per heavy atom. The van der Waals surface area contributed by atoms with Crippen LogP contribution in [0.1, 0.15) is 36.8 Å². The highest BCUT2D eigenvalue weighted by Crippen LogP contribution is 2.40. The number of ether oxygens (including phenoxy) is 1. The number of benzene rings is 2. The van der Waals surface area contributed by atoms with Crippen molar-refractivity contribution in [2.24, 2.45) is 0 Å². The van der Waals surface area contributed by atoms with Crippen molar-refractivity contribution in [3.05, 3.63) is 71.8 Å². The molecular weight excluding hydrogens is 294 g/mol. The van der Waals surface area contributed by atoms with Crippen LogP contribution in [0.2, 0.25) is 0 Å². The van der Waals surface area contributed by atoms with Gasteiger partial charge in [0.05, 0.1) is 7.11 Å². The molecule has 0 saturated carbocycles. The molecule has 2 aromatic rings. The maximum absolute atomic E-state index is 5.59. The molecule has 0 amide bonds. The van der Waals surface area contributed by atoms with Crippen LogP contribution in [0.25, 0.3) is 5.57 Å². The van der Waals surface area contributed by atoms with Crippen molar-refractivity contribution in [3.8, 4) is 5.75 Å². The molecular formula is C22H25NO. The molecule has 2 atom stereocenters. The van der Waals surface area contributed by atoms with Gasteiger partial charge in [0.1, 0.15) is 5.75 Å². The topological polar surface area (TPSA) is 12.5 Å². The number of nitrogens with zero attached hydrogens (tertiary/aromatic N) is 1. The summed E-state index contributed by atoms with van der Waals surface area (Å²) in [5, 5.41) is 0. The summed E-state index contributed by atoms with van der Waals surface area (Å²) < 4.78 is 5.59. The van der Waals surface area contributed by atoms with E-state index in [0.29, 0.717) is 12.1 Å². The minimum Gasteiger partial charge on any atom is -0.496 e. The van der Waals surface area contributed by atoms with Gasteiger partial charge in [-0.1, -0.05) is 61.0 Å². The van der Waals surface area contributed by atoms with E-state index in [9.17, 15) is 0 Å². The quantitative estimate of drug-likeness (QED) is 0.794. The Kier molecular flexibility index (Phi) is 4.40. The Balaban J connectivity index is 1.62. The van der Waals surface area contributed by atoms with Crippen LogP contribution in [0.4, 0.5) is 0 Å². The first-order valence-corrected chi connectivity index (χ1v) is 8.99. The largest absolute Gasteiger partial charge is 0.496 e. The second-order valence-electron chi connectivity index (χ2n) is 6.91. The third kappa shape index (κ3) is 2.99. The standard InChI is InChI=1S/C22H25NO/c1-24-22-13-6-5-12-21(22)18-14-19-10-7-11-20(15-18)23(19)16-17-8-3-2-4-9-17/h2-6,8-9,12-14,19-20H,7,10-11,15-16H2,1H3. The molecule has 0 aliphatic carbocycles. The maximum Gasteiger partial charge on any atom is 0.126 e. The van der Waals surface area contributed by atoms with Gasteiger partial charge in [0.2, 0.25) is 0 Å². The lowest BCUT2D eigenvalue weighted by Gasteiger charge is -2.45. The average Bonchev–Trinajstić information content (AvgIpc) is 2.62. The normalized spacial score (nSPS) is 23.6. The van der Waals surface area contributed by atoms with E-state index >= 15 is 0 Å². The zero-order valence-corrected chi connectivity index (χ0v) is 14.3. The minimum atomic E-state index is 0.553. The van der Waals surface area contributed by atoms with E-state index in [4.69, 9.17) is 4.74 Å². The summed E-state index contributed by atoms with van der Waals surface area (Å²) in [6.07, 6.45) is 7.54. The lowest BCUT2D eigenvalue weighted by atomic mass is 9.82. The summed E-state index contributed by atoms with van der Waals surface area (Å²) in [5.41, 5.74) is 4.16. The van der Waals surface area contributed by atoms with Crippen LogP contribution in [0.15, 0.2) is 60.7 Å². The van der Waals surface area contributed by atoms with Gasteiger partial charge in [0.25, 0.3) is 0 Å². The third-order valence-electron chi connectivity index (χ3n) is 5.44. The SMILES string of the molecule is COc1ccccc1C1=CC2CCCC(C1)N2Cc1ccccc1. The Labute approximate surface area is 144 Å². The second-order valence-corrected chi connectivity index (χ2v) is 6.91. The molecule has 2 unspecified atom stereocenters. The maximum atomic E-state index is 5.59. The fraction of sp³-hybridized carbons (Fsp3) is 0.364. The molecule has 4 rings (SSSR count). The van der Waals surface area contributed by atoms with E-state index in [-0.39, 0.29) is 0 Å². The van der Waals surface area contributed by atoms with E-state index in [1.165, 1.54) is 36.0 Å². The molecule has 0 radical (unpaired) electrons. The molecule has 2 aliphatic heterocycles. The van der Waals surface area contributed by atoms with E-state index in [1.54, 1.807) is 7.11 Å². The van der Waals surface area contributed by atoms with E-state index in [1.807, 2.05) is 6.07 Å². The predicted molar refractivity (Wildman–Crippen MR) is 99.0 cm³/mol. The zero-order valence-electron chi connectivity index (χ0n) is 14.3. The monoisotopic (exact) mass is 319 g/mol. The predicted octanol–water partition coefficient (Wildman–Crippen LogP) is 4.91. The first kappa shape index (κ1) is 15.5. The molecule has 124 valence electrons. The van der Waals surface area contributed by atoms with Crippen LogP contribution in [0.3, 0.4) is 0 Å². The van der Waals surface area contributed by atoms with Crippen LogP contribution < -0.4 is 4.74 Å². The lowest BCUT2D eigenvalue weighted by Crippen LogP contribution is -2.47. The molecule has 0 spiro atoms. The van der Waals surface area contributed by atoms with Gasteiger partial charge < -0.3 is 4.74 Å². The summed E-state index contributed by atoms with van der Waals surface area (Å²) in [5.74, 6) is 0.998. The van der Waals surface area contributed by atoms with E-state index in [2.05, 4.69) is 59.5 Å². The molecule has 0 N–H and O–H groups in total. The van der Waals surface area contributed by atoms with Gasteiger partial charge in [-0.05, 0) is 36.5 Å². The van der Waals surface area contributed by atoms with Crippen molar-refractivity contribution < 1.29 is 4.74 Å². The fourth-order valence-corrected chi connectivity index (χ4v) is 4.27. The van der Waals surface area contributed by atoms with Crippen molar-refractivity contribution in [1.29, 1.82) is 0 Å². The van der Waals surface area contributed by atoms with Crippen LogP contribution in [0.5, 0.6) is 5.75 Å². The van der Waals surface area contributed by atoms with Gasteiger partial charge in [-0.2, -0.15) is 0 Å². The number of fused-ring (bicyclic) bond motifs is 2. The van der Waals surface area contributed by atoms with E-state index < -0.39 is 0 Å². The molecule has 2 aliphatic rings. The molecule has 1 saturated heterocycles. The molecule has 2 aromatic carbocycles. The van der Waals surface area contributed by atoms with Crippen molar-refractivity contribution >= 4 is 5.57 Å². The average molecular weight is 319 g/mol.